The van der Waals surface area contributed by atoms with Crippen LogP contribution in [0.1, 0.15) is 74.2 Å². The molecule has 0 aliphatic rings. The van der Waals surface area contributed by atoms with Crippen molar-refractivity contribution in [1.82, 2.24) is 0 Å². The summed E-state index contributed by atoms with van der Waals surface area (Å²) in [6.45, 7) is 4.76. The number of carbonyl (C=O) groups excluding carboxylic acids is 4. The van der Waals surface area contributed by atoms with Gasteiger partial charge in [-0.25, -0.2) is 9.59 Å². The van der Waals surface area contributed by atoms with Crippen LogP contribution >= 0.6 is 0 Å². The second-order valence-electron chi connectivity index (χ2n) is 5.98. The molecule has 0 saturated carbocycles. The molecule has 152 valence electrons. The van der Waals surface area contributed by atoms with Crippen molar-refractivity contribution in [3.63, 3.8) is 0 Å². The van der Waals surface area contributed by atoms with Crippen molar-refractivity contribution in [2.75, 3.05) is 13.2 Å². The number of ether oxygens (including phenoxy) is 2. The Kier molecular flexibility index (Phi) is 7.25. The maximum absolute atomic E-state index is 13.1. The lowest BCUT2D eigenvalue weighted by atomic mass is 9.89. The van der Waals surface area contributed by atoms with Crippen LogP contribution in [0.15, 0.2) is 36.4 Å². The maximum Gasteiger partial charge on any atom is 0.339 e. The first-order valence-corrected chi connectivity index (χ1v) is 9.24. The van der Waals surface area contributed by atoms with Gasteiger partial charge in [-0.2, -0.15) is 0 Å². The molecule has 0 heterocycles. The smallest absolute Gasteiger partial charge is 0.339 e. The third-order valence-electron chi connectivity index (χ3n) is 4.15. The monoisotopic (exact) mass is 398 g/mol. The maximum atomic E-state index is 13.1. The molecular formula is C22H22O7. The fourth-order valence-corrected chi connectivity index (χ4v) is 2.83. The van der Waals surface area contributed by atoms with Gasteiger partial charge in [-0.05, 0) is 19.9 Å². The fourth-order valence-electron chi connectivity index (χ4n) is 2.83. The number of phenols is 1. The minimum atomic E-state index is -0.900. The highest BCUT2D eigenvalue weighted by molar-refractivity contribution is 6.20. The Morgan fingerprint density at radius 1 is 0.828 bits per heavy atom. The first kappa shape index (κ1) is 21.8. The molecule has 0 fully saturated rings. The lowest BCUT2D eigenvalue weighted by Gasteiger charge is -2.16. The molecule has 0 aliphatic heterocycles. The first-order valence-electron chi connectivity index (χ1n) is 9.24. The second-order valence-corrected chi connectivity index (χ2v) is 5.98. The predicted molar refractivity (Wildman–Crippen MR) is 105 cm³/mol. The van der Waals surface area contributed by atoms with Crippen molar-refractivity contribution >= 4 is 23.5 Å². The van der Waals surface area contributed by atoms with E-state index >= 15 is 0 Å². The average molecular weight is 398 g/mol. The van der Waals surface area contributed by atoms with Gasteiger partial charge in [-0.1, -0.05) is 37.3 Å². The molecule has 2 rings (SSSR count). The van der Waals surface area contributed by atoms with E-state index in [1.54, 1.807) is 39.0 Å². The summed E-state index contributed by atoms with van der Waals surface area (Å²) in [5, 5.41) is 10.9. The summed E-state index contributed by atoms with van der Waals surface area (Å²) in [7, 11) is 0. The molecule has 2 aromatic carbocycles. The lowest BCUT2D eigenvalue weighted by molar-refractivity contribution is 0.0518. The molecule has 0 atom stereocenters. The minimum absolute atomic E-state index is 0.0168. The van der Waals surface area contributed by atoms with Crippen LogP contribution in [-0.4, -0.2) is 41.8 Å². The number of esters is 2. The van der Waals surface area contributed by atoms with Crippen molar-refractivity contribution in [1.29, 1.82) is 0 Å². The summed E-state index contributed by atoms with van der Waals surface area (Å²) in [4.78, 5) is 50.5. The highest BCUT2D eigenvalue weighted by Crippen LogP contribution is 2.33. The van der Waals surface area contributed by atoms with Crippen molar-refractivity contribution in [2.24, 2.45) is 0 Å². The van der Waals surface area contributed by atoms with E-state index in [0.29, 0.717) is 0 Å². The Morgan fingerprint density at radius 2 is 1.34 bits per heavy atom. The minimum Gasteiger partial charge on any atom is -0.506 e. The van der Waals surface area contributed by atoms with E-state index in [2.05, 4.69) is 0 Å². The Bertz CT molecular complexity index is 945. The summed E-state index contributed by atoms with van der Waals surface area (Å²) >= 11 is 0. The Balaban J connectivity index is 2.85. The van der Waals surface area contributed by atoms with Crippen LogP contribution < -0.4 is 0 Å². The van der Waals surface area contributed by atoms with Gasteiger partial charge in [0.25, 0.3) is 0 Å². The normalized spacial score (nSPS) is 10.3. The molecule has 2 aromatic rings. The van der Waals surface area contributed by atoms with Gasteiger partial charge in [0.2, 0.25) is 0 Å². The van der Waals surface area contributed by atoms with Crippen LogP contribution in [0.4, 0.5) is 0 Å². The molecule has 7 heteroatoms. The van der Waals surface area contributed by atoms with Gasteiger partial charge in [-0.3, -0.25) is 9.59 Å². The average Bonchev–Trinajstić information content (AvgIpc) is 2.73. The first-order chi connectivity index (χ1) is 13.9. The predicted octanol–water partition coefficient (Wildman–Crippen LogP) is 3.57. The summed E-state index contributed by atoms with van der Waals surface area (Å²) in [5.41, 5.74) is -1.14. The molecule has 29 heavy (non-hydrogen) atoms. The molecule has 0 unspecified atom stereocenters. The van der Waals surface area contributed by atoms with Gasteiger partial charge in [0, 0.05) is 12.0 Å². The van der Waals surface area contributed by atoms with E-state index in [0.717, 1.165) is 6.07 Å². The molecule has 1 N–H and O–H groups in total. The number of hydrogen-bond acceptors (Lipinski definition) is 7. The van der Waals surface area contributed by atoms with E-state index in [-0.39, 0.29) is 47.5 Å². The van der Waals surface area contributed by atoms with Crippen molar-refractivity contribution < 1.29 is 33.8 Å². The Labute approximate surface area is 168 Å². The highest BCUT2D eigenvalue weighted by atomic mass is 16.5. The number of hydrogen-bond donors (Lipinski definition) is 1. The topological polar surface area (TPSA) is 107 Å². The quantitative estimate of drug-likeness (QED) is 0.535. The third-order valence-corrected chi connectivity index (χ3v) is 4.15. The zero-order valence-corrected chi connectivity index (χ0v) is 16.5. The molecular weight excluding hydrogens is 376 g/mol. The van der Waals surface area contributed by atoms with Crippen molar-refractivity contribution in [3.05, 3.63) is 64.2 Å². The van der Waals surface area contributed by atoms with Crippen molar-refractivity contribution in [3.8, 4) is 5.75 Å². The molecule has 7 nitrogen and oxygen atoms in total. The second kappa shape index (κ2) is 9.64. The molecule has 0 saturated heterocycles. The van der Waals surface area contributed by atoms with Gasteiger partial charge < -0.3 is 14.6 Å². The van der Waals surface area contributed by atoms with Crippen LogP contribution in [0.5, 0.6) is 5.75 Å². The van der Waals surface area contributed by atoms with Crippen LogP contribution in [0.25, 0.3) is 0 Å². The highest BCUT2D eigenvalue weighted by Gasteiger charge is 2.32. The number of carbonyl (C=O) groups is 4. The van der Waals surface area contributed by atoms with Crippen LogP contribution in [0.2, 0.25) is 0 Å². The summed E-state index contributed by atoms with van der Waals surface area (Å²) < 4.78 is 9.95. The van der Waals surface area contributed by atoms with E-state index in [1.165, 1.54) is 12.1 Å². The van der Waals surface area contributed by atoms with Gasteiger partial charge in [0.15, 0.2) is 11.6 Å². The Morgan fingerprint density at radius 3 is 1.83 bits per heavy atom. The molecule has 0 amide bonds. The number of aromatic hydroxyl groups is 1. The Hall–Kier alpha value is -3.48. The summed E-state index contributed by atoms with van der Waals surface area (Å²) in [6, 6.07) is 9.06. The summed E-state index contributed by atoms with van der Waals surface area (Å²) in [6.07, 6.45) is -0.0301. The molecule has 0 radical (unpaired) electrons. The third kappa shape index (κ3) is 4.51. The SMILES string of the molecule is CCOC(=O)c1cc(C(=O)OCC)c(C(=O)c2ccccc2)c(O)c1C(=O)CC. The van der Waals surface area contributed by atoms with Crippen molar-refractivity contribution in [2.45, 2.75) is 27.2 Å². The van der Waals surface area contributed by atoms with Crippen LogP contribution in [0.3, 0.4) is 0 Å². The molecule has 0 aromatic heterocycles. The number of phenolic OH excluding ortho intramolecular Hbond substituents is 1. The fraction of sp³-hybridized carbons (Fsp3) is 0.273. The number of Topliss-reactive ketones (excluding diaryl/α,β-unsaturated/α-hetero) is 1. The van der Waals surface area contributed by atoms with Gasteiger partial charge >= 0.3 is 11.9 Å². The van der Waals surface area contributed by atoms with E-state index < -0.39 is 29.3 Å². The molecule has 0 aliphatic carbocycles. The number of ketones is 2. The van der Waals surface area contributed by atoms with Gasteiger partial charge in [0.1, 0.15) is 5.75 Å². The molecule has 0 bridgehead atoms. The van der Waals surface area contributed by atoms with E-state index in [9.17, 15) is 24.3 Å². The summed E-state index contributed by atoms with van der Waals surface area (Å²) in [5.74, 6) is -3.76. The van der Waals surface area contributed by atoms with E-state index in [4.69, 9.17) is 9.47 Å². The van der Waals surface area contributed by atoms with Gasteiger partial charge in [0.05, 0.1) is 35.5 Å². The zero-order chi connectivity index (χ0) is 21.6. The zero-order valence-electron chi connectivity index (χ0n) is 16.5. The van der Waals surface area contributed by atoms with E-state index in [1.807, 2.05) is 0 Å². The van der Waals surface area contributed by atoms with Crippen LogP contribution in [-0.2, 0) is 9.47 Å². The lowest BCUT2D eigenvalue weighted by Crippen LogP contribution is -2.19. The largest absolute Gasteiger partial charge is 0.506 e. The number of benzene rings is 2. The van der Waals surface area contributed by atoms with Crippen LogP contribution in [0, 0.1) is 0 Å². The standard InChI is InChI=1S/C22H22O7/c1-4-16(23)17-14(21(26)28-5-2)12-15(22(27)29-6-3)18(20(17)25)19(24)13-10-8-7-9-11-13/h7-12,25H,4-6H2,1-3H3. The van der Waals surface area contributed by atoms with Gasteiger partial charge in [-0.15, -0.1) is 0 Å². The number of rotatable bonds is 8. The molecule has 0 spiro atoms.